The first-order valence-corrected chi connectivity index (χ1v) is 10.6. The predicted molar refractivity (Wildman–Crippen MR) is 112 cm³/mol. The van der Waals surface area contributed by atoms with Gasteiger partial charge in [-0.15, -0.1) is 0 Å². The fourth-order valence-electron chi connectivity index (χ4n) is 2.82. The van der Waals surface area contributed by atoms with Gasteiger partial charge in [-0.05, 0) is 42.0 Å². The van der Waals surface area contributed by atoms with Crippen LogP contribution < -0.4 is 14.4 Å². The summed E-state index contributed by atoms with van der Waals surface area (Å²) in [4.78, 5) is 12.0. The van der Waals surface area contributed by atoms with Gasteiger partial charge in [0.15, 0.2) is 0 Å². The summed E-state index contributed by atoms with van der Waals surface area (Å²) in [5.74, 6) is -0.884. The van der Waals surface area contributed by atoms with Crippen LogP contribution in [0.3, 0.4) is 0 Å². The van der Waals surface area contributed by atoms with E-state index in [-0.39, 0.29) is 12.2 Å². The van der Waals surface area contributed by atoms with Crippen LogP contribution in [-0.4, -0.2) is 28.0 Å². The number of nitrogens with zero attached hydrogens (tertiary/aromatic N) is 1. The number of halogens is 1. The monoisotopic (exact) mass is 428 g/mol. The number of amides is 1. The Morgan fingerprint density at radius 3 is 2.23 bits per heavy atom. The van der Waals surface area contributed by atoms with Crippen LogP contribution in [-0.2, 0) is 21.4 Å². The molecule has 1 amide bonds. The number of hydrogen-bond acceptors (Lipinski definition) is 4. The molecular formula is C22H21FN2O4S. The summed E-state index contributed by atoms with van der Waals surface area (Å²) in [6, 6.07) is 20.4. The number of rotatable bonds is 8. The van der Waals surface area contributed by atoms with Crippen molar-refractivity contribution in [3.8, 4) is 5.75 Å². The number of anilines is 1. The van der Waals surface area contributed by atoms with Crippen LogP contribution in [0.25, 0.3) is 0 Å². The van der Waals surface area contributed by atoms with Crippen molar-refractivity contribution < 1.29 is 22.3 Å². The molecule has 0 aliphatic carbocycles. The van der Waals surface area contributed by atoms with Crippen LogP contribution >= 0.6 is 0 Å². The highest BCUT2D eigenvalue weighted by atomic mass is 32.2. The van der Waals surface area contributed by atoms with Gasteiger partial charge >= 0.3 is 0 Å². The average molecular weight is 428 g/mol. The summed E-state index contributed by atoms with van der Waals surface area (Å²) in [7, 11) is -2.84. The Morgan fingerprint density at radius 2 is 1.60 bits per heavy atom. The molecule has 6 nitrogen and oxygen atoms in total. The zero-order valence-corrected chi connectivity index (χ0v) is 17.1. The van der Waals surface area contributed by atoms with Crippen molar-refractivity contribution in [2.45, 2.75) is 11.4 Å². The number of hydrogen-bond donors (Lipinski definition) is 1. The van der Waals surface area contributed by atoms with Crippen LogP contribution in [0.4, 0.5) is 10.1 Å². The van der Waals surface area contributed by atoms with E-state index in [2.05, 4.69) is 5.32 Å². The highest BCUT2D eigenvalue weighted by molar-refractivity contribution is 7.92. The lowest BCUT2D eigenvalue weighted by Crippen LogP contribution is -2.41. The lowest BCUT2D eigenvalue weighted by atomic mass is 10.2. The van der Waals surface area contributed by atoms with Crippen molar-refractivity contribution in [1.82, 2.24) is 5.32 Å². The Labute approximate surface area is 175 Å². The van der Waals surface area contributed by atoms with E-state index in [1.54, 1.807) is 12.1 Å². The van der Waals surface area contributed by atoms with Gasteiger partial charge in [0.2, 0.25) is 5.91 Å². The molecule has 0 aromatic heterocycles. The van der Waals surface area contributed by atoms with Gasteiger partial charge in [0.25, 0.3) is 10.0 Å². The van der Waals surface area contributed by atoms with Crippen LogP contribution in [0.1, 0.15) is 5.56 Å². The maximum Gasteiger partial charge on any atom is 0.267 e. The van der Waals surface area contributed by atoms with Crippen molar-refractivity contribution in [3.63, 3.8) is 0 Å². The molecule has 0 radical (unpaired) electrons. The molecule has 0 aliphatic heterocycles. The van der Waals surface area contributed by atoms with Gasteiger partial charge in [0.05, 0.1) is 12.8 Å². The number of carbonyl (C=O) groups is 1. The Hall–Kier alpha value is -3.39. The van der Waals surface area contributed by atoms with Crippen molar-refractivity contribution in [2.24, 2.45) is 0 Å². The summed E-state index contributed by atoms with van der Waals surface area (Å²) >= 11 is 0. The first-order valence-electron chi connectivity index (χ1n) is 9.14. The minimum Gasteiger partial charge on any atom is -0.497 e. The lowest BCUT2D eigenvalue weighted by Gasteiger charge is -2.24. The highest BCUT2D eigenvalue weighted by Crippen LogP contribution is 2.27. The van der Waals surface area contributed by atoms with E-state index in [4.69, 9.17) is 4.74 Å². The summed E-state index contributed by atoms with van der Waals surface area (Å²) in [5, 5.41) is 2.70. The lowest BCUT2D eigenvalue weighted by molar-refractivity contribution is -0.119. The molecule has 3 aromatic carbocycles. The molecule has 0 heterocycles. The van der Waals surface area contributed by atoms with Gasteiger partial charge in [0.1, 0.15) is 23.0 Å². The molecule has 0 saturated heterocycles. The average Bonchev–Trinajstić information content (AvgIpc) is 2.77. The fraction of sp³-hybridized carbons (Fsp3) is 0.136. The third kappa shape index (κ3) is 4.96. The number of ether oxygens (including phenoxy) is 1. The Morgan fingerprint density at radius 1 is 0.967 bits per heavy atom. The molecule has 0 atom stereocenters. The molecule has 0 saturated carbocycles. The largest absolute Gasteiger partial charge is 0.497 e. The van der Waals surface area contributed by atoms with Crippen molar-refractivity contribution in [3.05, 3.63) is 90.2 Å². The molecule has 0 bridgehead atoms. The van der Waals surface area contributed by atoms with E-state index in [1.165, 1.54) is 37.4 Å². The molecule has 3 rings (SSSR count). The SMILES string of the molecule is COc1ccc(N(CC(=O)NCc2ccccc2)S(=O)(=O)c2ccccc2F)cc1. The molecule has 8 heteroatoms. The second kappa shape index (κ2) is 9.41. The summed E-state index contributed by atoms with van der Waals surface area (Å²) in [5.41, 5.74) is 1.09. The molecule has 0 fully saturated rings. The normalized spacial score (nSPS) is 11.0. The maximum atomic E-state index is 14.3. The zero-order valence-electron chi connectivity index (χ0n) is 16.3. The topological polar surface area (TPSA) is 75.7 Å². The summed E-state index contributed by atoms with van der Waals surface area (Å²) < 4.78 is 46.6. The Kier molecular flexibility index (Phi) is 6.68. The van der Waals surface area contributed by atoms with E-state index in [0.717, 1.165) is 15.9 Å². The second-order valence-corrected chi connectivity index (χ2v) is 8.23. The Balaban J connectivity index is 1.89. The number of nitrogens with one attached hydrogen (secondary N) is 1. The van der Waals surface area contributed by atoms with Crippen LogP contribution in [0, 0.1) is 5.82 Å². The van der Waals surface area contributed by atoms with E-state index in [0.29, 0.717) is 5.75 Å². The standard InChI is InChI=1S/C22H21FN2O4S/c1-29-19-13-11-18(12-14-19)25(30(27,28)21-10-6-5-9-20(21)23)16-22(26)24-15-17-7-3-2-4-8-17/h2-14H,15-16H2,1H3,(H,24,26). The number of methoxy groups -OCH3 is 1. The number of carbonyl (C=O) groups excluding carboxylic acids is 1. The van der Waals surface area contributed by atoms with Gasteiger partial charge in [0, 0.05) is 6.54 Å². The molecule has 3 aromatic rings. The molecule has 0 aliphatic rings. The van der Waals surface area contributed by atoms with Crippen molar-refractivity contribution >= 4 is 21.6 Å². The smallest absolute Gasteiger partial charge is 0.267 e. The van der Waals surface area contributed by atoms with Crippen LogP contribution in [0.15, 0.2) is 83.8 Å². The first kappa shape index (κ1) is 21.3. The molecule has 0 spiro atoms. The quantitative estimate of drug-likeness (QED) is 0.597. The Bertz CT molecular complexity index is 1100. The van der Waals surface area contributed by atoms with Crippen molar-refractivity contribution in [2.75, 3.05) is 18.0 Å². The van der Waals surface area contributed by atoms with E-state index in [9.17, 15) is 17.6 Å². The maximum absolute atomic E-state index is 14.3. The van der Waals surface area contributed by atoms with Gasteiger partial charge in [-0.2, -0.15) is 0 Å². The minimum atomic E-state index is -4.33. The molecule has 30 heavy (non-hydrogen) atoms. The van der Waals surface area contributed by atoms with E-state index in [1.807, 2.05) is 30.3 Å². The molecule has 1 N–H and O–H groups in total. The minimum absolute atomic E-state index is 0.217. The third-order valence-corrected chi connectivity index (χ3v) is 6.19. The van der Waals surface area contributed by atoms with Gasteiger partial charge in [-0.1, -0.05) is 42.5 Å². The van der Waals surface area contributed by atoms with E-state index >= 15 is 0 Å². The van der Waals surface area contributed by atoms with Crippen LogP contribution in [0.5, 0.6) is 5.75 Å². The molecule has 156 valence electrons. The number of benzene rings is 3. The van der Waals surface area contributed by atoms with E-state index < -0.39 is 33.2 Å². The second-order valence-electron chi connectivity index (χ2n) is 6.40. The van der Waals surface area contributed by atoms with Gasteiger partial charge in [-0.25, -0.2) is 12.8 Å². The highest BCUT2D eigenvalue weighted by Gasteiger charge is 2.29. The molecular weight excluding hydrogens is 407 g/mol. The van der Waals surface area contributed by atoms with Crippen LogP contribution in [0.2, 0.25) is 0 Å². The fourth-order valence-corrected chi connectivity index (χ4v) is 4.31. The van der Waals surface area contributed by atoms with Gasteiger partial charge < -0.3 is 10.1 Å². The number of sulfonamides is 1. The van der Waals surface area contributed by atoms with Gasteiger partial charge in [-0.3, -0.25) is 9.10 Å². The molecule has 0 unspecified atom stereocenters. The first-order chi connectivity index (χ1) is 14.4. The third-order valence-electron chi connectivity index (χ3n) is 4.38. The zero-order chi connectivity index (χ0) is 21.6. The van der Waals surface area contributed by atoms with Crippen molar-refractivity contribution in [1.29, 1.82) is 0 Å². The summed E-state index contributed by atoms with van der Waals surface area (Å²) in [6.07, 6.45) is 0. The predicted octanol–water partition coefficient (Wildman–Crippen LogP) is 3.35. The summed E-state index contributed by atoms with van der Waals surface area (Å²) in [6.45, 7) is -0.258.